The van der Waals surface area contributed by atoms with Crippen LogP contribution in [-0.2, 0) is 11.3 Å². The number of aryl methyl sites for hydroxylation is 1. The molecule has 0 fully saturated rings. The molecule has 1 amide bonds. The van der Waals surface area contributed by atoms with E-state index in [1.807, 2.05) is 13.0 Å². The molecule has 1 unspecified atom stereocenters. The van der Waals surface area contributed by atoms with Crippen LogP contribution in [0.15, 0.2) is 24.5 Å². The molecule has 27 heavy (non-hydrogen) atoms. The van der Waals surface area contributed by atoms with Gasteiger partial charge in [-0.05, 0) is 38.5 Å². The molecule has 3 rings (SSSR count). The molecule has 1 atom stereocenters. The molecule has 0 spiro atoms. The average Bonchev–Trinajstić information content (AvgIpc) is 3.16. The highest BCUT2D eigenvalue weighted by atomic mass is 35.5. The zero-order chi connectivity index (χ0) is 19.7. The van der Waals surface area contributed by atoms with Gasteiger partial charge in [0.05, 0.1) is 23.0 Å². The topological polar surface area (TPSA) is 77.6 Å². The predicted octanol–water partition coefficient (Wildman–Crippen LogP) is 4.30. The lowest BCUT2D eigenvalue weighted by molar-refractivity contribution is -0.119. The Morgan fingerprint density at radius 1 is 1.22 bits per heavy atom. The minimum absolute atomic E-state index is 0.199. The van der Waals surface area contributed by atoms with E-state index in [0.29, 0.717) is 27.3 Å². The minimum atomic E-state index is -0.561. The Kier molecular flexibility index (Phi) is 5.74. The molecule has 0 saturated carbocycles. The summed E-state index contributed by atoms with van der Waals surface area (Å²) in [5.74, 6) is -0.0934. The second kappa shape index (κ2) is 7.88. The van der Waals surface area contributed by atoms with Crippen molar-refractivity contribution in [3.05, 3.63) is 56.5 Å². The summed E-state index contributed by atoms with van der Waals surface area (Å²) in [6, 6.07) is 4.68. The van der Waals surface area contributed by atoms with Crippen LogP contribution in [-0.4, -0.2) is 30.5 Å². The fraction of sp³-hybridized carbons (Fsp3) is 0.294. The van der Waals surface area contributed by atoms with Gasteiger partial charge in [-0.3, -0.25) is 14.8 Å². The van der Waals surface area contributed by atoms with Crippen molar-refractivity contribution in [2.75, 3.05) is 5.32 Å². The Balaban J connectivity index is 1.69. The van der Waals surface area contributed by atoms with Crippen LogP contribution in [0.1, 0.15) is 29.9 Å². The van der Waals surface area contributed by atoms with Crippen LogP contribution in [0.4, 0.5) is 5.95 Å². The zero-order valence-corrected chi connectivity index (χ0v) is 17.1. The van der Waals surface area contributed by atoms with Gasteiger partial charge in [0, 0.05) is 10.0 Å². The second-order valence-corrected chi connectivity index (χ2v) is 7.32. The number of hydrogen-bond donors (Lipinski definition) is 1. The fourth-order valence-electron chi connectivity index (χ4n) is 2.60. The number of halogens is 3. The Morgan fingerprint density at radius 3 is 2.59 bits per heavy atom. The van der Waals surface area contributed by atoms with Crippen LogP contribution in [0.2, 0.25) is 15.1 Å². The quantitative estimate of drug-likeness (QED) is 0.658. The lowest BCUT2D eigenvalue weighted by Crippen LogP contribution is -2.25. The third kappa shape index (κ3) is 4.26. The van der Waals surface area contributed by atoms with E-state index in [2.05, 4.69) is 20.5 Å². The summed E-state index contributed by atoms with van der Waals surface area (Å²) in [5.41, 5.74) is 2.25. The molecular weight excluding hydrogens is 411 g/mol. The normalized spacial score (nSPS) is 12.2. The van der Waals surface area contributed by atoms with Crippen molar-refractivity contribution in [2.45, 2.75) is 33.4 Å². The number of nitrogens with zero attached hydrogens (tertiary/aromatic N) is 5. The molecule has 142 valence electrons. The van der Waals surface area contributed by atoms with Gasteiger partial charge in [0.15, 0.2) is 0 Å². The van der Waals surface area contributed by atoms with Gasteiger partial charge in [0.1, 0.15) is 12.4 Å². The number of aromatic nitrogens is 5. The number of benzene rings is 1. The molecule has 3 aromatic rings. The molecular formula is C17H17Cl3N6O. The SMILES string of the molecule is Cc1nn(C(C)C(=O)Nc2ncn(Cc3ccc(Cl)cc3Cl)n2)c(C)c1Cl. The lowest BCUT2D eigenvalue weighted by atomic mass is 10.2. The fourth-order valence-corrected chi connectivity index (χ4v) is 3.19. The first-order valence-corrected chi connectivity index (χ1v) is 9.25. The van der Waals surface area contributed by atoms with E-state index in [0.717, 1.165) is 11.3 Å². The average molecular weight is 428 g/mol. The third-order valence-electron chi connectivity index (χ3n) is 4.10. The van der Waals surface area contributed by atoms with Crippen LogP contribution < -0.4 is 5.32 Å². The predicted molar refractivity (Wildman–Crippen MR) is 106 cm³/mol. The summed E-state index contributed by atoms with van der Waals surface area (Å²) in [7, 11) is 0. The standard InChI is InChI=1S/C17H17Cl3N6O/c1-9-15(20)10(2)26(23-9)11(3)16(27)22-17-21-8-25(24-17)7-12-4-5-13(18)6-14(12)19/h4-6,8,11H,7H2,1-3H3,(H,22,24,27). The van der Waals surface area contributed by atoms with Gasteiger partial charge < -0.3 is 0 Å². The van der Waals surface area contributed by atoms with E-state index in [1.54, 1.807) is 35.3 Å². The van der Waals surface area contributed by atoms with Gasteiger partial charge in [-0.2, -0.15) is 5.10 Å². The van der Waals surface area contributed by atoms with E-state index in [1.165, 1.54) is 6.33 Å². The van der Waals surface area contributed by atoms with Crippen molar-refractivity contribution in [2.24, 2.45) is 0 Å². The van der Waals surface area contributed by atoms with Crippen molar-refractivity contribution in [1.29, 1.82) is 0 Å². The first-order chi connectivity index (χ1) is 12.8. The van der Waals surface area contributed by atoms with Crippen LogP contribution in [0.25, 0.3) is 0 Å². The smallest absolute Gasteiger partial charge is 0.251 e. The Bertz CT molecular complexity index is 997. The van der Waals surface area contributed by atoms with Gasteiger partial charge in [-0.15, -0.1) is 5.10 Å². The highest BCUT2D eigenvalue weighted by Gasteiger charge is 2.21. The van der Waals surface area contributed by atoms with Gasteiger partial charge >= 0.3 is 0 Å². The molecule has 1 aromatic carbocycles. The number of rotatable bonds is 5. The molecule has 0 aliphatic rings. The van der Waals surface area contributed by atoms with Crippen LogP contribution in [0.5, 0.6) is 0 Å². The molecule has 2 aromatic heterocycles. The van der Waals surface area contributed by atoms with E-state index < -0.39 is 6.04 Å². The largest absolute Gasteiger partial charge is 0.291 e. The van der Waals surface area contributed by atoms with Crippen molar-refractivity contribution < 1.29 is 4.79 Å². The molecule has 2 heterocycles. The monoisotopic (exact) mass is 426 g/mol. The van der Waals surface area contributed by atoms with Gasteiger partial charge in [-0.1, -0.05) is 40.9 Å². The number of carbonyl (C=O) groups is 1. The third-order valence-corrected chi connectivity index (χ3v) is 5.24. The number of nitrogens with one attached hydrogen (secondary N) is 1. The van der Waals surface area contributed by atoms with Gasteiger partial charge in [0.2, 0.25) is 5.95 Å². The molecule has 10 heteroatoms. The first kappa shape index (κ1) is 19.7. The highest BCUT2D eigenvalue weighted by molar-refractivity contribution is 6.35. The Morgan fingerprint density at radius 2 is 1.96 bits per heavy atom. The summed E-state index contributed by atoms with van der Waals surface area (Å²) in [6.07, 6.45) is 1.52. The molecule has 7 nitrogen and oxygen atoms in total. The second-order valence-electron chi connectivity index (χ2n) is 6.10. The maximum Gasteiger partial charge on any atom is 0.251 e. The van der Waals surface area contributed by atoms with E-state index in [4.69, 9.17) is 34.8 Å². The van der Waals surface area contributed by atoms with Gasteiger partial charge in [-0.25, -0.2) is 9.67 Å². The van der Waals surface area contributed by atoms with E-state index in [-0.39, 0.29) is 11.9 Å². The maximum absolute atomic E-state index is 12.5. The molecule has 1 N–H and O–H groups in total. The lowest BCUT2D eigenvalue weighted by Gasteiger charge is -2.13. The molecule has 0 aliphatic carbocycles. The summed E-state index contributed by atoms with van der Waals surface area (Å²) in [5, 5.41) is 12.9. The number of anilines is 1. The number of carbonyl (C=O) groups excluding carboxylic acids is 1. The van der Waals surface area contributed by atoms with E-state index >= 15 is 0 Å². The van der Waals surface area contributed by atoms with Crippen LogP contribution in [0.3, 0.4) is 0 Å². The van der Waals surface area contributed by atoms with E-state index in [9.17, 15) is 4.79 Å². The molecule has 0 aliphatic heterocycles. The highest BCUT2D eigenvalue weighted by Crippen LogP contribution is 2.23. The molecule has 0 radical (unpaired) electrons. The Labute approximate surface area is 171 Å². The molecule has 0 saturated heterocycles. The number of hydrogen-bond acceptors (Lipinski definition) is 4. The van der Waals surface area contributed by atoms with Crippen molar-refractivity contribution in [1.82, 2.24) is 24.5 Å². The van der Waals surface area contributed by atoms with Gasteiger partial charge in [0.25, 0.3) is 5.91 Å². The minimum Gasteiger partial charge on any atom is -0.291 e. The maximum atomic E-state index is 12.5. The van der Waals surface area contributed by atoms with Crippen molar-refractivity contribution in [3.63, 3.8) is 0 Å². The van der Waals surface area contributed by atoms with Crippen LogP contribution >= 0.6 is 34.8 Å². The summed E-state index contributed by atoms with van der Waals surface area (Å²) in [4.78, 5) is 16.6. The zero-order valence-electron chi connectivity index (χ0n) is 14.9. The summed E-state index contributed by atoms with van der Waals surface area (Å²) in [6.45, 7) is 5.74. The van der Waals surface area contributed by atoms with Crippen LogP contribution in [0, 0.1) is 13.8 Å². The van der Waals surface area contributed by atoms with Crippen molar-refractivity contribution in [3.8, 4) is 0 Å². The summed E-state index contributed by atoms with van der Waals surface area (Å²) >= 11 is 18.2. The Hall–Kier alpha value is -2.09. The molecule has 0 bridgehead atoms. The first-order valence-electron chi connectivity index (χ1n) is 8.11. The number of amides is 1. The summed E-state index contributed by atoms with van der Waals surface area (Å²) < 4.78 is 3.16. The van der Waals surface area contributed by atoms with Crippen molar-refractivity contribution >= 4 is 46.7 Å².